The zero-order valence-corrected chi connectivity index (χ0v) is 13.2. The molecule has 0 heterocycles. The van der Waals surface area contributed by atoms with Crippen LogP contribution in [0.15, 0.2) is 16.6 Å². The Balaban J connectivity index is 1.87. The molecular formula is C14H18BrFN2O3. The molecule has 0 aromatic heterocycles. The van der Waals surface area contributed by atoms with Crippen LogP contribution in [0.2, 0.25) is 0 Å². The summed E-state index contributed by atoms with van der Waals surface area (Å²) in [5, 5.41) is 13.9. The smallest absolute Gasteiger partial charge is 0.295 e. The summed E-state index contributed by atoms with van der Waals surface area (Å²) >= 11 is 3.03. The van der Waals surface area contributed by atoms with E-state index >= 15 is 0 Å². The van der Waals surface area contributed by atoms with Crippen LogP contribution in [0.1, 0.15) is 32.1 Å². The quantitative estimate of drug-likeness (QED) is 0.467. The molecule has 0 unspecified atom stereocenters. The first-order valence-electron chi connectivity index (χ1n) is 7.07. The molecule has 7 heteroatoms. The second-order valence-corrected chi connectivity index (χ2v) is 5.95. The first kappa shape index (κ1) is 16.2. The van der Waals surface area contributed by atoms with Gasteiger partial charge in [0.1, 0.15) is 11.5 Å². The monoisotopic (exact) mass is 360 g/mol. The van der Waals surface area contributed by atoms with Gasteiger partial charge < -0.3 is 10.1 Å². The van der Waals surface area contributed by atoms with Crippen LogP contribution in [0.4, 0.5) is 15.8 Å². The number of ether oxygens (including phenoxy) is 1. The lowest BCUT2D eigenvalue weighted by molar-refractivity contribution is -0.384. The predicted molar refractivity (Wildman–Crippen MR) is 82.1 cm³/mol. The van der Waals surface area contributed by atoms with Gasteiger partial charge in [-0.05, 0) is 34.8 Å². The lowest BCUT2D eigenvalue weighted by atomic mass is 9.98. The summed E-state index contributed by atoms with van der Waals surface area (Å²) in [6.07, 6.45) is 6.15. The molecule has 0 aliphatic heterocycles. The van der Waals surface area contributed by atoms with Crippen LogP contribution in [0, 0.1) is 15.9 Å². The van der Waals surface area contributed by atoms with Crippen molar-refractivity contribution >= 4 is 27.3 Å². The van der Waals surface area contributed by atoms with Crippen LogP contribution in [0.25, 0.3) is 0 Å². The van der Waals surface area contributed by atoms with E-state index in [-0.39, 0.29) is 10.2 Å². The molecule has 0 bridgehead atoms. The zero-order valence-electron chi connectivity index (χ0n) is 11.6. The van der Waals surface area contributed by atoms with E-state index in [4.69, 9.17) is 4.74 Å². The van der Waals surface area contributed by atoms with Crippen molar-refractivity contribution in [2.75, 3.05) is 18.5 Å². The number of nitro benzene ring substituents is 1. The van der Waals surface area contributed by atoms with Gasteiger partial charge in [0.25, 0.3) is 5.69 Å². The standard InChI is InChI=1S/C14H18BrFN2O3/c15-11-8-13(14(18(19)20)9-12(11)16)17-6-7-21-10-4-2-1-3-5-10/h8-10,17H,1-7H2. The lowest BCUT2D eigenvalue weighted by Crippen LogP contribution is -2.20. The molecule has 1 fully saturated rings. The van der Waals surface area contributed by atoms with Crippen molar-refractivity contribution in [1.29, 1.82) is 0 Å². The Labute approximate surface area is 131 Å². The average molecular weight is 361 g/mol. The van der Waals surface area contributed by atoms with Crippen molar-refractivity contribution in [2.24, 2.45) is 0 Å². The maximum atomic E-state index is 13.3. The molecule has 21 heavy (non-hydrogen) atoms. The number of benzene rings is 1. The second kappa shape index (κ2) is 7.70. The second-order valence-electron chi connectivity index (χ2n) is 5.10. The molecule has 2 rings (SSSR count). The van der Waals surface area contributed by atoms with E-state index in [1.54, 1.807) is 0 Å². The summed E-state index contributed by atoms with van der Waals surface area (Å²) in [7, 11) is 0. The number of nitrogens with one attached hydrogen (secondary N) is 1. The lowest BCUT2D eigenvalue weighted by Gasteiger charge is -2.22. The van der Waals surface area contributed by atoms with Gasteiger partial charge in [0.05, 0.1) is 28.2 Å². The third-order valence-electron chi connectivity index (χ3n) is 3.56. The third-order valence-corrected chi connectivity index (χ3v) is 4.17. The van der Waals surface area contributed by atoms with Crippen molar-refractivity contribution in [2.45, 2.75) is 38.2 Å². The highest BCUT2D eigenvalue weighted by Gasteiger charge is 2.18. The molecule has 1 aromatic carbocycles. The molecule has 1 aliphatic carbocycles. The van der Waals surface area contributed by atoms with Gasteiger partial charge in [0, 0.05) is 6.54 Å². The van der Waals surface area contributed by atoms with Crippen LogP contribution >= 0.6 is 15.9 Å². The Kier molecular flexibility index (Phi) is 5.93. The molecule has 1 aromatic rings. The molecule has 0 amide bonds. The summed E-state index contributed by atoms with van der Waals surface area (Å²) in [6.45, 7) is 0.937. The van der Waals surface area contributed by atoms with Gasteiger partial charge in [-0.15, -0.1) is 0 Å². The van der Waals surface area contributed by atoms with E-state index in [0.717, 1.165) is 18.9 Å². The summed E-state index contributed by atoms with van der Waals surface area (Å²) < 4.78 is 19.3. The minimum absolute atomic E-state index is 0.198. The van der Waals surface area contributed by atoms with Crippen LogP contribution in [-0.4, -0.2) is 24.2 Å². The van der Waals surface area contributed by atoms with Crippen molar-refractivity contribution in [3.8, 4) is 0 Å². The van der Waals surface area contributed by atoms with Crippen LogP contribution in [0.5, 0.6) is 0 Å². The highest BCUT2D eigenvalue weighted by molar-refractivity contribution is 9.10. The van der Waals surface area contributed by atoms with E-state index in [0.29, 0.717) is 24.9 Å². The predicted octanol–water partition coefficient (Wildman–Crippen LogP) is 4.26. The number of hydrogen-bond donors (Lipinski definition) is 1. The van der Waals surface area contributed by atoms with E-state index in [2.05, 4.69) is 21.2 Å². The normalized spacial score (nSPS) is 15.9. The first-order valence-corrected chi connectivity index (χ1v) is 7.86. The molecule has 0 atom stereocenters. The SMILES string of the molecule is O=[N+]([O-])c1cc(F)c(Br)cc1NCCOC1CCCCC1. The van der Waals surface area contributed by atoms with Crippen molar-refractivity contribution in [3.63, 3.8) is 0 Å². The Morgan fingerprint density at radius 3 is 2.76 bits per heavy atom. The molecule has 116 valence electrons. The Morgan fingerprint density at radius 2 is 2.10 bits per heavy atom. The fourth-order valence-corrected chi connectivity index (χ4v) is 2.82. The highest BCUT2D eigenvalue weighted by atomic mass is 79.9. The summed E-state index contributed by atoms with van der Waals surface area (Å²) in [6, 6.07) is 2.29. The molecular weight excluding hydrogens is 343 g/mol. The highest BCUT2D eigenvalue weighted by Crippen LogP contribution is 2.30. The first-order chi connectivity index (χ1) is 10.1. The van der Waals surface area contributed by atoms with Crippen molar-refractivity contribution in [3.05, 3.63) is 32.5 Å². The molecule has 0 saturated heterocycles. The van der Waals surface area contributed by atoms with Crippen LogP contribution < -0.4 is 5.32 Å². The summed E-state index contributed by atoms with van der Waals surface area (Å²) in [5.41, 5.74) is 0.0221. The number of nitro groups is 1. The summed E-state index contributed by atoms with van der Waals surface area (Å²) in [4.78, 5) is 10.3. The molecule has 1 aliphatic rings. The number of nitrogens with zero attached hydrogens (tertiary/aromatic N) is 1. The van der Waals surface area contributed by atoms with E-state index in [1.807, 2.05) is 0 Å². The number of rotatable bonds is 6. The van der Waals surface area contributed by atoms with Crippen molar-refractivity contribution < 1.29 is 14.1 Å². The Morgan fingerprint density at radius 1 is 1.38 bits per heavy atom. The average Bonchev–Trinajstić information content (AvgIpc) is 2.47. The Hall–Kier alpha value is -1.21. The maximum Gasteiger partial charge on any atom is 0.295 e. The topological polar surface area (TPSA) is 64.4 Å². The van der Waals surface area contributed by atoms with Gasteiger partial charge in [-0.3, -0.25) is 10.1 Å². The minimum atomic E-state index is -0.647. The van der Waals surface area contributed by atoms with E-state index in [9.17, 15) is 14.5 Å². The summed E-state index contributed by atoms with van der Waals surface area (Å²) in [5.74, 6) is -0.647. The van der Waals surface area contributed by atoms with Gasteiger partial charge in [-0.1, -0.05) is 19.3 Å². The van der Waals surface area contributed by atoms with Crippen LogP contribution in [0.3, 0.4) is 0 Å². The van der Waals surface area contributed by atoms with Gasteiger partial charge in [0.2, 0.25) is 0 Å². The van der Waals surface area contributed by atoms with Crippen molar-refractivity contribution in [1.82, 2.24) is 0 Å². The molecule has 0 radical (unpaired) electrons. The fourth-order valence-electron chi connectivity index (χ4n) is 2.47. The fraction of sp³-hybridized carbons (Fsp3) is 0.571. The van der Waals surface area contributed by atoms with Gasteiger partial charge in [-0.25, -0.2) is 4.39 Å². The minimum Gasteiger partial charge on any atom is -0.377 e. The van der Waals surface area contributed by atoms with Gasteiger partial charge >= 0.3 is 0 Å². The van der Waals surface area contributed by atoms with E-state index < -0.39 is 10.7 Å². The van der Waals surface area contributed by atoms with Gasteiger partial charge in [0.15, 0.2) is 0 Å². The molecule has 1 N–H and O–H groups in total. The molecule has 1 saturated carbocycles. The largest absolute Gasteiger partial charge is 0.377 e. The maximum absolute atomic E-state index is 13.3. The number of halogens is 2. The van der Waals surface area contributed by atoms with Gasteiger partial charge in [-0.2, -0.15) is 0 Å². The molecule has 0 spiro atoms. The number of anilines is 1. The molecule has 5 nitrogen and oxygen atoms in total. The Bertz CT molecular complexity index is 507. The zero-order chi connectivity index (χ0) is 15.2. The third kappa shape index (κ3) is 4.64. The van der Waals surface area contributed by atoms with Crippen LogP contribution in [-0.2, 0) is 4.74 Å². The van der Waals surface area contributed by atoms with E-state index in [1.165, 1.54) is 25.3 Å². The number of hydrogen-bond acceptors (Lipinski definition) is 4.